The lowest BCUT2D eigenvalue weighted by Crippen LogP contribution is -2.34. The van der Waals surface area contributed by atoms with E-state index in [4.69, 9.17) is 5.73 Å². The van der Waals surface area contributed by atoms with E-state index < -0.39 is 0 Å². The minimum atomic E-state index is 0.365. The summed E-state index contributed by atoms with van der Waals surface area (Å²) >= 11 is 0. The maximum atomic E-state index is 11.8. The first-order valence-electron chi connectivity index (χ1n) is 6.81. The monoisotopic (exact) mass is 224 g/mol. The van der Waals surface area contributed by atoms with Gasteiger partial charge in [-0.1, -0.05) is 12.8 Å². The van der Waals surface area contributed by atoms with E-state index >= 15 is 0 Å². The third-order valence-corrected chi connectivity index (χ3v) is 4.16. The molecule has 2 unspecified atom stereocenters. The van der Waals surface area contributed by atoms with Gasteiger partial charge < -0.3 is 10.6 Å². The minimum Gasteiger partial charge on any atom is -0.343 e. The zero-order chi connectivity index (χ0) is 11.4. The van der Waals surface area contributed by atoms with Crippen molar-refractivity contribution < 1.29 is 4.79 Å². The molecule has 1 amide bonds. The molecule has 0 aromatic carbocycles. The van der Waals surface area contributed by atoms with Gasteiger partial charge in [0.2, 0.25) is 5.91 Å². The fourth-order valence-electron chi connectivity index (χ4n) is 3.02. The van der Waals surface area contributed by atoms with E-state index in [1.165, 1.54) is 32.1 Å². The van der Waals surface area contributed by atoms with Crippen LogP contribution < -0.4 is 5.73 Å². The van der Waals surface area contributed by atoms with Crippen molar-refractivity contribution in [1.29, 1.82) is 0 Å². The minimum absolute atomic E-state index is 0.365. The molecule has 1 heterocycles. The Hall–Kier alpha value is -0.570. The van der Waals surface area contributed by atoms with Gasteiger partial charge in [0.15, 0.2) is 0 Å². The zero-order valence-corrected chi connectivity index (χ0v) is 10.2. The lowest BCUT2D eigenvalue weighted by Gasteiger charge is -2.23. The number of carbonyl (C=O) groups is 1. The molecule has 1 aliphatic heterocycles. The molecule has 0 bridgehead atoms. The third-order valence-electron chi connectivity index (χ3n) is 4.16. The second-order valence-corrected chi connectivity index (χ2v) is 5.33. The van der Waals surface area contributed by atoms with Crippen LogP contribution in [0.4, 0.5) is 0 Å². The Balaban J connectivity index is 1.77. The summed E-state index contributed by atoms with van der Waals surface area (Å²) in [5, 5.41) is 0. The van der Waals surface area contributed by atoms with Crippen molar-refractivity contribution in [2.75, 3.05) is 13.1 Å². The molecule has 2 fully saturated rings. The van der Waals surface area contributed by atoms with Gasteiger partial charge in [-0.2, -0.15) is 0 Å². The van der Waals surface area contributed by atoms with Crippen molar-refractivity contribution >= 4 is 5.91 Å². The maximum Gasteiger partial charge on any atom is 0.222 e. The van der Waals surface area contributed by atoms with Gasteiger partial charge in [-0.3, -0.25) is 4.79 Å². The van der Waals surface area contributed by atoms with Crippen LogP contribution in [0.15, 0.2) is 0 Å². The van der Waals surface area contributed by atoms with Gasteiger partial charge in [-0.05, 0) is 38.0 Å². The lowest BCUT2D eigenvalue weighted by atomic mass is 10.00. The van der Waals surface area contributed by atoms with E-state index in [-0.39, 0.29) is 0 Å². The second kappa shape index (κ2) is 5.67. The molecular weight excluding hydrogens is 200 g/mol. The van der Waals surface area contributed by atoms with Crippen LogP contribution in [0.3, 0.4) is 0 Å². The molecule has 16 heavy (non-hydrogen) atoms. The first-order valence-corrected chi connectivity index (χ1v) is 6.81. The van der Waals surface area contributed by atoms with Crippen molar-refractivity contribution in [2.45, 2.75) is 57.4 Å². The van der Waals surface area contributed by atoms with Crippen molar-refractivity contribution in [3.8, 4) is 0 Å². The first kappa shape index (κ1) is 11.9. The molecular formula is C13H24N2O. The van der Waals surface area contributed by atoms with Gasteiger partial charge >= 0.3 is 0 Å². The van der Waals surface area contributed by atoms with Crippen LogP contribution >= 0.6 is 0 Å². The largest absolute Gasteiger partial charge is 0.343 e. The van der Waals surface area contributed by atoms with E-state index in [9.17, 15) is 4.79 Å². The predicted molar refractivity (Wildman–Crippen MR) is 65.0 cm³/mol. The molecule has 0 aromatic rings. The smallest absolute Gasteiger partial charge is 0.222 e. The Kier molecular flexibility index (Phi) is 4.22. The summed E-state index contributed by atoms with van der Waals surface area (Å²) in [5.41, 5.74) is 6.06. The Morgan fingerprint density at radius 1 is 1.19 bits per heavy atom. The van der Waals surface area contributed by atoms with Crippen molar-refractivity contribution in [3.63, 3.8) is 0 Å². The molecule has 1 saturated carbocycles. The molecule has 2 aliphatic rings. The first-order chi connectivity index (χ1) is 7.77. The van der Waals surface area contributed by atoms with E-state index in [0.717, 1.165) is 32.4 Å². The highest BCUT2D eigenvalue weighted by Crippen LogP contribution is 2.27. The molecule has 0 aromatic heterocycles. The highest BCUT2D eigenvalue weighted by Gasteiger charge is 2.25. The molecule has 2 N–H and O–H groups in total. The summed E-state index contributed by atoms with van der Waals surface area (Å²) < 4.78 is 0. The van der Waals surface area contributed by atoms with Crippen LogP contribution in [0, 0.1) is 5.92 Å². The Bertz CT molecular complexity index is 242. The van der Waals surface area contributed by atoms with E-state index in [0.29, 0.717) is 17.9 Å². The zero-order valence-electron chi connectivity index (χ0n) is 10.2. The average molecular weight is 224 g/mol. The topological polar surface area (TPSA) is 46.3 Å². The third kappa shape index (κ3) is 2.97. The number of hydrogen-bond donors (Lipinski definition) is 1. The van der Waals surface area contributed by atoms with Crippen LogP contribution in [0.5, 0.6) is 0 Å². The molecule has 2 rings (SSSR count). The van der Waals surface area contributed by atoms with E-state index in [2.05, 4.69) is 4.90 Å². The van der Waals surface area contributed by atoms with Gasteiger partial charge in [0, 0.05) is 25.6 Å². The summed E-state index contributed by atoms with van der Waals surface area (Å²) in [6.07, 6.45) is 9.08. The fourth-order valence-corrected chi connectivity index (χ4v) is 3.02. The molecule has 92 valence electrons. The summed E-state index contributed by atoms with van der Waals surface area (Å²) in [4.78, 5) is 13.9. The SMILES string of the molecule is NC1CCCC1CCN1CCCCCC1=O. The van der Waals surface area contributed by atoms with Crippen LogP contribution in [0.25, 0.3) is 0 Å². The Labute approximate surface area is 98.4 Å². The number of amides is 1. The predicted octanol–water partition coefficient (Wildman–Crippen LogP) is 1.91. The number of nitrogens with two attached hydrogens (primary N) is 1. The van der Waals surface area contributed by atoms with Crippen LogP contribution in [0.1, 0.15) is 51.4 Å². The normalized spacial score (nSPS) is 31.8. The van der Waals surface area contributed by atoms with Gasteiger partial charge in [-0.15, -0.1) is 0 Å². The highest BCUT2D eigenvalue weighted by atomic mass is 16.2. The summed E-state index contributed by atoms with van der Waals surface area (Å²) in [6.45, 7) is 1.91. The number of nitrogens with zero attached hydrogens (tertiary/aromatic N) is 1. The fraction of sp³-hybridized carbons (Fsp3) is 0.923. The average Bonchev–Trinajstić information content (AvgIpc) is 2.56. The van der Waals surface area contributed by atoms with Crippen molar-refractivity contribution in [3.05, 3.63) is 0 Å². The van der Waals surface area contributed by atoms with Crippen molar-refractivity contribution in [1.82, 2.24) is 4.90 Å². The molecule has 3 heteroatoms. The standard InChI is InChI=1S/C13H24N2O/c14-12-6-4-5-11(12)8-10-15-9-3-1-2-7-13(15)16/h11-12H,1-10,14H2. The van der Waals surface area contributed by atoms with Gasteiger partial charge in [0.1, 0.15) is 0 Å². The summed E-state index contributed by atoms with van der Waals surface area (Å²) in [7, 11) is 0. The molecule has 0 spiro atoms. The molecule has 1 saturated heterocycles. The lowest BCUT2D eigenvalue weighted by molar-refractivity contribution is -0.130. The summed E-state index contributed by atoms with van der Waals surface area (Å²) in [5.74, 6) is 1.03. The maximum absolute atomic E-state index is 11.8. The number of carbonyl (C=O) groups excluding carboxylic acids is 1. The molecule has 2 atom stereocenters. The summed E-state index contributed by atoms with van der Waals surface area (Å²) in [6, 6.07) is 0.391. The second-order valence-electron chi connectivity index (χ2n) is 5.33. The van der Waals surface area contributed by atoms with Crippen LogP contribution in [-0.4, -0.2) is 29.9 Å². The molecule has 3 nitrogen and oxygen atoms in total. The Morgan fingerprint density at radius 3 is 2.81 bits per heavy atom. The number of hydrogen-bond acceptors (Lipinski definition) is 2. The van der Waals surface area contributed by atoms with Crippen LogP contribution in [-0.2, 0) is 4.79 Å². The quantitative estimate of drug-likeness (QED) is 0.796. The Morgan fingerprint density at radius 2 is 2.06 bits per heavy atom. The van der Waals surface area contributed by atoms with Gasteiger partial charge in [0.05, 0.1) is 0 Å². The number of rotatable bonds is 3. The molecule has 0 radical (unpaired) electrons. The van der Waals surface area contributed by atoms with Gasteiger partial charge in [-0.25, -0.2) is 0 Å². The van der Waals surface area contributed by atoms with Crippen molar-refractivity contribution in [2.24, 2.45) is 11.7 Å². The molecule has 1 aliphatic carbocycles. The van der Waals surface area contributed by atoms with Gasteiger partial charge in [0.25, 0.3) is 0 Å². The number of likely N-dealkylation sites (tertiary alicyclic amines) is 1. The van der Waals surface area contributed by atoms with E-state index in [1.807, 2.05) is 0 Å². The highest BCUT2D eigenvalue weighted by molar-refractivity contribution is 5.76. The van der Waals surface area contributed by atoms with E-state index in [1.54, 1.807) is 0 Å². The van der Waals surface area contributed by atoms with Crippen LogP contribution in [0.2, 0.25) is 0 Å².